The van der Waals surface area contributed by atoms with Crippen LogP contribution in [0.15, 0.2) is 108 Å². The number of carbonyl (C=O) groups is 4. The highest BCUT2D eigenvalue weighted by Gasteiger charge is 2.31. The number of anilines is 2. The smallest absolute Gasteiger partial charge is 0.339 e. The maximum absolute atomic E-state index is 12.7. The number of ether oxygens (including phenoxy) is 2. The Morgan fingerprint density at radius 3 is 1.56 bits per heavy atom. The van der Waals surface area contributed by atoms with Gasteiger partial charge in [0.25, 0.3) is 5.91 Å². The minimum Gasteiger partial charge on any atom is -0.485 e. The molecule has 0 saturated heterocycles. The summed E-state index contributed by atoms with van der Waals surface area (Å²) >= 11 is 14.2. The lowest BCUT2D eigenvalue weighted by Gasteiger charge is -2.25. The molecule has 2 aliphatic rings. The van der Waals surface area contributed by atoms with E-state index in [1.54, 1.807) is 77.5 Å². The fourth-order valence-electron chi connectivity index (χ4n) is 6.31. The van der Waals surface area contributed by atoms with Gasteiger partial charge in [0, 0.05) is 37.9 Å². The quantitative estimate of drug-likeness (QED) is 0.119. The summed E-state index contributed by atoms with van der Waals surface area (Å²) in [7, 11) is 0. The number of hydrogen-bond donors (Lipinski definition) is 4. The predicted molar refractivity (Wildman–Crippen MR) is 214 cm³/mol. The zero-order valence-electron chi connectivity index (χ0n) is 28.6. The van der Waals surface area contributed by atoms with Crippen molar-refractivity contribution in [3.05, 3.63) is 140 Å². The van der Waals surface area contributed by atoms with Crippen molar-refractivity contribution in [2.75, 3.05) is 17.2 Å². The Morgan fingerprint density at radius 2 is 1.07 bits per heavy atom. The Bertz CT molecular complexity index is 2390. The first-order valence-corrected chi connectivity index (χ1v) is 19.4. The summed E-state index contributed by atoms with van der Waals surface area (Å²) in [4.78, 5) is 49.0. The number of carbonyl (C=O) groups excluding carboxylic acids is 2. The molecule has 2 aromatic heterocycles. The van der Waals surface area contributed by atoms with E-state index in [1.165, 1.54) is 22.5 Å². The van der Waals surface area contributed by atoms with E-state index in [9.17, 15) is 29.4 Å². The number of halogens is 2. The van der Waals surface area contributed by atoms with Crippen molar-refractivity contribution >= 4 is 79.6 Å². The number of thiophene rings is 2. The van der Waals surface area contributed by atoms with Gasteiger partial charge < -0.3 is 30.3 Å². The first-order chi connectivity index (χ1) is 26.5. The SMILES string of the molecule is O=C(O)c1c(-c2ccc(Cl)cc2)csc1NC(=O)C1COc2ccccc2O1.O=C(O)c1c(-c2ccc(Cl)cc2)csc1NC(=O)C1Cc2ccccc2C1. The summed E-state index contributed by atoms with van der Waals surface area (Å²) < 4.78 is 11.2. The molecule has 55 heavy (non-hydrogen) atoms. The van der Waals surface area contributed by atoms with Crippen molar-refractivity contribution in [2.24, 2.45) is 5.92 Å². The Kier molecular flexibility index (Phi) is 11.2. The molecule has 0 radical (unpaired) electrons. The van der Waals surface area contributed by atoms with Crippen molar-refractivity contribution in [2.45, 2.75) is 18.9 Å². The molecule has 2 amide bonds. The van der Waals surface area contributed by atoms with Crippen LogP contribution < -0.4 is 20.1 Å². The van der Waals surface area contributed by atoms with Crippen LogP contribution in [0.2, 0.25) is 10.0 Å². The molecule has 4 N–H and O–H groups in total. The normalized spacial score (nSPS) is 14.3. The average molecular weight is 814 g/mol. The third kappa shape index (κ3) is 8.37. The summed E-state index contributed by atoms with van der Waals surface area (Å²) in [6, 6.07) is 28.9. The van der Waals surface area contributed by atoms with E-state index < -0.39 is 23.9 Å². The molecule has 14 heteroatoms. The zero-order chi connectivity index (χ0) is 38.6. The maximum atomic E-state index is 12.7. The number of fused-ring (bicyclic) bond motifs is 2. The topological polar surface area (TPSA) is 151 Å². The van der Waals surface area contributed by atoms with Gasteiger partial charge in [-0.25, -0.2) is 9.59 Å². The van der Waals surface area contributed by atoms with E-state index in [-0.39, 0.29) is 34.6 Å². The summed E-state index contributed by atoms with van der Waals surface area (Å²) in [5.41, 5.74) is 5.05. The molecule has 3 heterocycles. The standard InChI is InChI=1S/C21H16ClNO3S.C20H14ClNO5S/c22-16-7-5-12(6-8-16)17-11-27-20(18(17)21(25)26)23-19(24)15-9-13-3-1-2-4-14(13)10-15;21-12-7-5-11(6-8-12)13-10-28-19(17(13)20(24)25)22-18(23)16-9-26-14-3-1-2-4-15(14)27-16/h1-8,11,15H,9-10H2,(H,23,24)(H,25,26);1-8,10,16H,9H2,(H,22,23)(H,24,25). The summed E-state index contributed by atoms with van der Waals surface area (Å²) in [6.07, 6.45) is 0.484. The van der Waals surface area contributed by atoms with Crippen LogP contribution in [-0.4, -0.2) is 46.7 Å². The summed E-state index contributed by atoms with van der Waals surface area (Å²) in [6.45, 7) is 0.0423. The fourth-order valence-corrected chi connectivity index (χ4v) is 8.49. The molecule has 1 aliphatic heterocycles. The van der Waals surface area contributed by atoms with E-state index in [2.05, 4.69) is 10.6 Å². The molecule has 0 saturated carbocycles. The van der Waals surface area contributed by atoms with Gasteiger partial charge in [-0.05, 0) is 71.5 Å². The van der Waals surface area contributed by atoms with Gasteiger partial charge in [-0.3, -0.25) is 9.59 Å². The molecule has 0 bridgehead atoms. The first kappa shape index (κ1) is 37.6. The second-order valence-corrected chi connectivity index (χ2v) is 15.2. The monoisotopic (exact) mass is 812 g/mol. The Hall–Kier alpha value is -5.66. The summed E-state index contributed by atoms with van der Waals surface area (Å²) in [5.74, 6) is -1.94. The lowest BCUT2D eigenvalue weighted by Crippen LogP contribution is -2.40. The molecule has 6 aromatic rings. The molecule has 0 fully saturated rings. The number of para-hydroxylation sites is 2. The van der Waals surface area contributed by atoms with E-state index in [4.69, 9.17) is 32.7 Å². The number of rotatable bonds is 8. The minimum atomic E-state index is -1.13. The number of carboxylic acid groups (broad SMARTS) is 2. The van der Waals surface area contributed by atoms with Crippen LogP contribution >= 0.6 is 45.9 Å². The van der Waals surface area contributed by atoms with Crippen LogP contribution in [0.5, 0.6) is 11.5 Å². The van der Waals surface area contributed by atoms with Crippen LogP contribution in [-0.2, 0) is 22.4 Å². The maximum Gasteiger partial charge on any atom is 0.339 e. The second kappa shape index (κ2) is 16.4. The highest BCUT2D eigenvalue weighted by molar-refractivity contribution is 7.15. The molecular formula is C41H30Cl2N2O8S2. The highest BCUT2D eigenvalue weighted by atomic mass is 35.5. The molecule has 4 aromatic carbocycles. The third-order valence-electron chi connectivity index (χ3n) is 9.02. The van der Waals surface area contributed by atoms with Gasteiger partial charge in [0.05, 0.1) is 0 Å². The molecule has 278 valence electrons. The van der Waals surface area contributed by atoms with Crippen LogP contribution in [0.3, 0.4) is 0 Å². The van der Waals surface area contributed by atoms with E-state index in [1.807, 2.05) is 30.3 Å². The molecule has 1 unspecified atom stereocenters. The Labute approximate surface area is 332 Å². The Balaban J connectivity index is 0.000000169. The molecule has 8 rings (SSSR count). The van der Waals surface area contributed by atoms with Crippen LogP contribution in [0.25, 0.3) is 22.3 Å². The number of carboxylic acids is 2. The molecule has 10 nitrogen and oxygen atoms in total. The van der Waals surface area contributed by atoms with E-state index in [0.717, 1.165) is 16.9 Å². The van der Waals surface area contributed by atoms with Crippen LogP contribution in [0, 0.1) is 5.92 Å². The number of hydrogen-bond acceptors (Lipinski definition) is 8. The highest BCUT2D eigenvalue weighted by Crippen LogP contribution is 2.39. The second-order valence-electron chi connectivity index (χ2n) is 12.5. The van der Waals surface area contributed by atoms with Gasteiger partial charge in [0.15, 0.2) is 11.5 Å². The third-order valence-corrected chi connectivity index (χ3v) is 11.3. The first-order valence-electron chi connectivity index (χ1n) is 16.8. The van der Waals surface area contributed by atoms with E-state index >= 15 is 0 Å². The fraction of sp³-hybridized carbons (Fsp3) is 0.122. The van der Waals surface area contributed by atoms with Gasteiger partial charge >= 0.3 is 11.9 Å². The lowest BCUT2D eigenvalue weighted by molar-refractivity contribution is -0.125. The number of amides is 2. The van der Waals surface area contributed by atoms with Gasteiger partial charge in [-0.15, -0.1) is 22.7 Å². The minimum absolute atomic E-state index is 0.0257. The molecule has 1 atom stereocenters. The molecule has 1 aliphatic carbocycles. The van der Waals surface area contributed by atoms with Gasteiger partial charge in [-0.1, -0.05) is 83.9 Å². The van der Waals surface area contributed by atoms with E-state index in [0.29, 0.717) is 56.1 Å². The van der Waals surface area contributed by atoms with Gasteiger partial charge in [0.2, 0.25) is 12.0 Å². The Morgan fingerprint density at radius 1 is 0.618 bits per heavy atom. The van der Waals surface area contributed by atoms with Crippen molar-refractivity contribution in [1.29, 1.82) is 0 Å². The summed E-state index contributed by atoms with van der Waals surface area (Å²) in [5, 5.41) is 30.1. The number of benzene rings is 4. The van der Waals surface area contributed by atoms with Gasteiger partial charge in [-0.2, -0.15) is 0 Å². The predicted octanol–water partition coefficient (Wildman–Crippen LogP) is 9.67. The van der Waals surface area contributed by atoms with Gasteiger partial charge in [0.1, 0.15) is 27.7 Å². The molecular weight excluding hydrogens is 783 g/mol. The van der Waals surface area contributed by atoms with Crippen molar-refractivity contribution in [3.8, 4) is 33.8 Å². The van der Waals surface area contributed by atoms with Crippen LogP contribution in [0.1, 0.15) is 31.8 Å². The lowest BCUT2D eigenvalue weighted by atomic mass is 10.0. The zero-order valence-corrected chi connectivity index (χ0v) is 31.7. The van der Waals surface area contributed by atoms with Crippen molar-refractivity contribution < 1.29 is 38.9 Å². The van der Waals surface area contributed by atoms with Crippen molar-refractivity contribution in [3.63, 3.8) is 0 Å². The molecule has 0 spiro atoms. The largest absolute Gasteiger partial charge is 0.485 e. The average Bonchev–Trinajstić information content (AvgIpc) is 3.93. The number of nitrogens with one attached hydrogen (secondary N) is 2. The van der Waals surface area contributed by atoms with Crippen LogP contribution in [0.4, 0.5) is 10.0 Å². The number of aromatic carboxylic acids is 2. The van der Waals surface area contributed by atoms with Crippen molar-refractivity contribution in [1.82, 2.24) is 0 Å².